The molecular weight excluding hydrogens is 254 g/mol. The van der Waals surface area contributed by atoms with Crippen molar-refractivity contribution in [2.45, 2.75) is 32.6 Å². The van der Waals surface area contributed by atoms with Gasteiger partial charge in [0.2, 0.25) is 17.2 Å². The van der Waals surface area contributed by atoms with E-state index in [4.69, 9.17) is 11.6 Å². The topological polar surface area (TPSA) is 79.8 Å². The van der Waals surface area contributed by atoms with Crippen LogP contribution in [0, 0.1) is 0 Å². The van der Waals surface area contributed by atoms with Gasteiger partial charge in [-0.3, -0.25) is 0 Å². The van der Waals surface area contributed by atoms with E-state index in [1.54, 1.807) is 14.0 Å². The van der Waals surface area contributed by atoms with E-state index in [0.717, 1.165) is 25.8 Å². The largest absolute Gasteiger partial charge is 0.357 e. The fourth-order valence-electron chi connectivity index (χ4n) is 1.42. The average molecular weight is 272 g/mol. The summed E-state index contributed by atoms with van der Waals surface area (Å²) in [5.41, 5.74) is 0. The first-order valence-corrected chi connectivity index (χ1v) is 6.32. The molecule has 0 saturated carbocycles. The van der Waals surface area contributed by atoms with Crippen molar-refractivity contribution in [3.05, 3.63) is 5.28 Å². The molecule has 6 nitrogen and oxygen atoms in total. The van der Waals surface area contributed by atoms with Crippen LogP contribution in [0.15, 0.2) is 0 Å². The number of ketones is 1. The van der Waals surface area contributed by atoms with Crippen LogP contribution in [0.3, 0.4) is 0 Å². The standard InChI is InChI=1S/C11H18ClN5O/c1-8(18)6-4-3-5-7-14-11-16-9(12)15-10(13-2)17-11/h3-7H2,1-2H3,(H2,13,14,15,16,17). The van der Waals surface area contributed by atoms with Crippen LogP contribution >= 0.6 is 11.6 Å². The van der Waals surface area contributed by atoms with Gasteiger partial charge < -0.3 is 15.4 Å². The lowest BCUT2D eigenvalue weighted by Crippen LogP contribution is -2.08. The van der Waals surface area contributed by atoms with Crippen LogP contribution in [0.1, 0.15) is 32.6 Å². The summed E-state index contributed by atoms with van der Waals surface area (Å²) >= 11 is 5.75. The molecule has 0 unspecified atom stereocenters. The Morgan fingerprint density at radius 2 is 1.89 bits per heavy atom. The number of nitrogens with one attached hydrogen (secondary N) is 2. The lowest BCUT2D eigenvalue weighted by Gasteiger charge is -2.06. The minimum Gasteiger partial charge on any atom is -0.357 e. The molecule has 1 rings (SSSR count). The second kappa shape index (κ2) is 7.81. The number of carbonyl (C=O) groups is 1. The quantitative estimate of drug-likeness (QED) is 0.705. The van der Waals surface area contributed by atoms with E-state index in [1.165, 1.54) is 0 Å². The van der Waals surface area contributed by atoms with Crippen LogP contribution in [-0.4, -0.2) is 34.3 Å². The Morgan fingerprint density at radius 1 is 1.17 bits per heavy atom. The number of nitrogens with zero attached hydrogens (tertiary/aromatic N) is 3. The van der Waals surface area contributed by atoms with Crippen molar-refractivity contribution >= 4 is 29.3 Å². The number of unbranched alkanes of at least 4 members (excludes halogenated alkanes) is 2. The zero-order valence-electron chi connectivity index (χ0n) is 10.7. The van der Waals surface area contributed by atoms with E-state index in [2.05, 4.69) is 25.6 Å². The highest BCUT2D eigenvalue weighted by molar-refractivity contribution is 6.28. The van der Waals surface area contributed by atoms with Crippen molar-refractivity contribution in [3.8, 4) is 0 Å². The van der Waals surface area contributed by atoms with Crippen molar-refractivity contribution < 1.29 is 4.79 Å². The lowest BCUT2D eigenvalue weighted by atomic mass is 10.1. The number of anilines is 2. The molecule has 0 amide bonds. The molecule has 0 aliphatic rings. The van der Waals surface area contributed by atoms with Gasteiger partial charge >= 0.3 is 0 Å². The molecule has 0 aromatic carbocycles. The lowest BCUT2D eigenvalue weighted by molar-refractivity contribution is -0.117. The summed E-state index contributed by atoms with van der Waals surface area (Å²) in [4.78, 5) is 22.7. The number of rotatable bonds is 8. The summed E-state index contributed by atoms with van der Waals surface area (Å²) in [6.45, 7) is 2.37. The maximum Gasteiger partial charge on any atom is 0.228 e. The summed E-state index contributed by atoms with van der Waals surface area (Å²) in [5.74, 6) is 1.14. The fraction of sp³-hybridized carbons (Fsp3) is 0.636. The molecule has 0 spiro atoms. The predicted molar refractivity (Wildman–Crippen MR) is 72.0 cm³/mol. The number of hydrogen-bond acceptors (Lipinski definition) is 6. The first-order valence-electron chi connectivity index (χ1n) is 5.94. The molecule has 0 fully saturated rings. The normalized spacial score (nSPS) is 10.2. The predicted octanol–water partition coefficient (Wildman–Crippen LogP) is 2.13. The van der Waals surface area contributed by atoms with Gasteiger partial charge in [0, 0.05) is 20.0 Å². The average Bonchev–Trinajstić information content (AvgIpc) is 2.32. The van der Waals surface area contributed by atoms with E-state index in [1.807, 2.05) is 0 Å². The van der Waals surface area contributed by atoms with Crippen LogP contribution in [-0.2, 0) is 4.79 Å². The zero-order chi connectivity index (χ0) is 13.4. The Kier molecular flexibility index (Phi) is 6.35. The highest BCUT2D eigenvalue weighted by Crippen LogP contribution is 2.09. The molecule has 0 aliphatic carbocycles. The molecule has 0 aliphatic heterocycles. The molecular formula is C11H18ClN5O. The van der Waals surface area contributed by atoms with Gasteiger partial charge in [-0.25, -0.2) is 0 Å². The van der Waals surface area contributed by atoms with E-state index < -0.39 is 0 Å². The molecule has 0 saturated heterocycles. The number of hydrogen-bond donors (Lipinski definition) is 2. The van der Waals surface area contributed by atoms with Gasteiger partial charge in [0.15, 0.2) is 0 Å². The monoisotopic (exact) mass is 271 g/mol. The maximum absolute atomic E-state index is 10.7. The van der Waals surface area contributed by atoms with Gasteiger partial charge in [-0.2, -0.15) is 15.0 Å². The fourth-order valence-corrected chi connectivity index (χ4v) is 1.58. The summed E-state index contributed by atoms with van der Waals surface area (Å²) in [6, 6.07) is 0. The molecule has 7 heteroatoms. The Labute approximate surface area is 112 Å². The van der Waals surface area contributed by atoms with Crippen molar-refractivity contribution in [1.82, 2.24) is 15.0 Å². The van der Waals surface area contributed by atoms with Gasteiger partial charge in [-0.1, -0.05) is 6.42 Å². The van der Waals surface area contributed by atoms with Gasteiger partial charge in [-0.15, -0.1) is 0 Å². The molecule has 100 valence electrons. The van der Waals surface area contributed by atoms with Gasteiger partial charge in [0.05, 0.1) is 0 Å². The second-order valence-corrected chi connectivity index (χ2v) is 4.28. The molecule has 2 N–H and O–H groups in total. The molecule has 18 heavy (non-hydrogen) atoms. The number of aromatic nitrogens is 3. The molecule has 1 aromatic rings. The van der Waals surface area contributed by atoms with Crippen molar-refractivity contribution in [3.63, 3.8) is 0 Å². The van der Waals surface area contributed by atoms with Crippen molar-refractivity contribution in [2.24, 2.45) is 0 Å². The maximum atomic E-state index is 10.7. The highest BCUT2D eigenvalue weighted by Gasteiger charge is 2.02. The Morgan fingerprint density at radius 3 is 2.56 bits per heavy atom. The number of Topliss-reactive ketones (excluding diaryl/α,β-unsaturated/α-hetero) is 1. The summed E-state index contributed by atoms with van der Waals surface area (Å²) < 4.78 is 0. The van der Waals surface area contributed by atoms with E-state index in [0.29, 0.717) is 18.3 Å². The van der Waals surface area contributed by atoms with Crippen LogP contribution < -0.4 is 10.6 Å². The Bertz CT molecular complexity index is 399. The van der Waals surface area contributed by atoms with E-state index >= 15 is 0 Å². The summed E-state index contributed by atoms with van der Waals surface area (Å²) in [6.07, 6.45) is 3.55. The van der Waals surface area contributed by atoms with Gasteiger partial charge in [0.25, 0.3) is 0 Å². The SMILES string of the molecule is CNc1nc(Cl)nc(NCCCCCC(C)=O)n1. The van der Waals surface area contributed by atoms with Crippen LogP contribution in [0.5, 0.6) is 0 Å². The minimum atomic E-state index is 0.161. The first kappa shape index (κ1) is 14.6. The van der Waals surface area contributed by atoms with E-state index in [-0.39, 0.29) is 11.1 Å². The third-order valence-electron chi connectivity index (χ3n) is 2.32. The smallest absolute Gasteiger partial charge is 0.228 e. The third kappa shape index (κ3) is 5.77. The number of halogens is 1. The first-order chi connectivity index (χ1) is 8.61. The van der Waals surface area contributed by atoms with Gasteiger partial charge in [0.1, 0.15) is 5.78 Å². The molecule has 0 atom stereocenters. The minimum absolute atomic E-state index is 0.161. The highest BCUT2D eigenvalue weighted by atomic mass is 35.5. The summed E-state index contributed by atoms with van der Waals surface area (Å²) in [5, 5.41) is 6.04. The third-order valence-corrected chi connectivity index (χ3v) is 2.49. The molecule has 0 bridgehead atoms. The molecule has 1 aromatic heterocycles. The van der Waals surface area contributed by atoms with Gasteiger partial charge in [-0.05, 0) is 31.4 Å². The van der Waals surface area contributed by atoms with Crippen molar-refractivity contribution in [2.75, 3.05) is 24.2 Å². The summed E-state index contributed by atoms with van der Waals surface area (Å²) in [7, 11) is 1.72. The van der Waals surface area contributed by atoms with E-state index in [9.17, 15) is 4.79 Å². The zero-order valence-corrected chi connectivity index (χ0v) is 11.4. The van der Waals surface area contributed by atoms with Crippen LogP contribution in [0.4, 0.5) is 11.9 Å². The Balaban J connectivity index is 2.26. The van der Waals surface area contributed by atoms with Crippen LogP contribution in [0.2, 0.25) is 5.28 Å². The molecule has 0 radical (unpaired) electrons. The van der Waals surface area contributed by atoms with Crippen LogP contribution in [0.25, 0.3) is 0 Å². The number of carbonyl (C=O) groups excluding carboxylic acids is 1. The molecule has 1 heterocycles. The second-order valence-electron chi connectivity index (χ2n) is 3.94. The van der Waals surface area contributed by atoms with Crippen molar-refractivity contribution in [1.29, 1.82) is 0 Å². The Hall–Kier alpha value is -1.43.